The van der Waals surface area contributed by atoms with Gasteiger partial charge in [-0.15, -0.1) is 11.3 Å². The number of hydrogen-bond donors (Lipinski definition) is 1. The SMILES string of the molecule is CCCC(CCN)CCc1nc(Cc2cccs2)no1. The molecule has 2 heterocycles. The second kappa shape index (κ2) is 8.17. The third-order valence-electron chi connectivity index (χ3n) is 3.46. The van der Waals surface area contributed by atoms with Crippen LogP contribution in [0.4, 0.5) is 0 Å². The van der Waals surface area contributed by atoms with Crippen LogP contribution in [0.2, 0.25) is 0 Å². The van der Waals surface area contributed by atoms with Crippen LogP contribution in [0.25, 0.3) is 0 Å². The molecule has 20 heavy (non-hydrogen) atoms. The van der Waals surface area contributed by atoms with E-state index < -0.39 is 0 Å². The molecule has 2 aromatic rings. The van der Waals surface area contributed by atoms with E-state index in [1.165, 1.54) is 17.7 Å². The predicted molar refractivity (Wildman–Crippen MR) is 81.8 cm³/mol. The van der Waals surface area contributed by atoms with E-state index in [9.17, 15) is 0 Å². The second-order valence-electron chi connectivity index (χ2n) is 5.13. The first-order valence-electron chi connectivity index (χ1n) is 7.35. The number of rotatable bonds is 9. The summed E-state index contributed by atoms with van der Waals surface area (Å²) < 4.78 is 5.33. The summed E-state index contributed by atoms with van der Waals surface area (Å²) in [5.74, 6) is 2.22. The summed E-state index contributed by atoms with van der Waals surface area (Å²) in [7, 11) is 0. The molecule has 5 heteroatoms. The molecule has 0 saturated heterocycles. The first-order valence-corrected chi connectivity index (χ1v) is 8.23. The Morgan fingerprint density at radius 3 is 2.95 bits per heavy atom. The topological polar surface area (TPSA) is 64.9 Å². The van der Waals surface area contributed by atoms with Crippen LogP contribution in [-0.2, 0) is 12.8 Å². The van der Waals surface area contributed by atoms with Gasteiger partial charge in [0.1, 0.15) is 0 Å². The van der Waals surface area contributed by atoms with Crippen molar-refractivity contribution in [3.63, 3.8) is 0 Å². The van der Waals surface area contributed by atoms with Crippen LogP contribution in [0.3, 0.4) is 0 Å². The van der Waals surface area contributed by atoms with Crippen molar-refractivity contribution in [3.05, 3.63) is 34.1 Å². The maximum Gasteiger partial charge on any atom is 0.226 e. The maximum atomic E-state index is 5.66. The lowest BCUT2D eigenvalue weighted by atomic mass is 9.94. The van der Waals surface area contributed by atoms with Gasteiger partial charge in [0.2, 0.25) is 5.89 Å². The molecule has 0 fully saturated rings. The minimum Gasteiger partial charge on any atom is -0.339 e. The zero-order valence-corrected chi connectivity index (χ0v) is 12.9. The first kappa shape index (κ1) is 15.2. The molecule has 1 atom stereocenters. The smallest absolute Gasteiger partial charge is 0.226 e. The molecule has 0 aliphatic heterocycles. The lowest BCUT2D eigenvalue weighted by Gasteiger charge is -2.13. The molecule has 0 aromatic carbocycles. The van der Waals surface area contributed by atoms with Gasteiger partial charge in [-0.2, -0.15) is 4.98 Å². The van der Waals surface area contributed by atoms with E-state index in [4.69, 9.17) is 10.3 Å². The highest BCUT2D eigenvalue weighted by Crippen LogP contribution is 2.18. The quantitative estimate of drug-likeness (QED) is 0.769. The van der Waals surface area contributed by atoms with Crippen molar-refractivity contribution in [3.8, 4) is 0 Å². The van der Waals surface area contributed by atoms with Crippen LogP contribution < -0.4 is 5.73 Å². The van der Waals surface area contributed by atoms with Crippen molar-refractivity contribution in [1.29, 1.82) is 0 Å². The fourth-order valence-electron chi connectivity index (χ4n) is 2.44. The van der Waals surface area contributed by atoms with Crippen LogP contribution in [0.15, 0.2) is 22.0 Å². The van der Waals surface area contributed by atoms with E-state index in [1.54, 1.807) is 11.3 Å². The van der Waals surface area contributed by atoms with Crippen molar-refractivity contribution >= 4 is 11.3 Å². The van der Waals surface area contributed by atoms with E-state index in [-0.39, 0.29) is 0 Å². The van der Waals surface area contributed by atoms with Crippen LogP contribution in [0, 0.1) is 5.92 Å². The highest BCUT2D eigenvalue weighted by atomic mass is 32.1. The Labute approximate surface area is 124 Å². The molecule has 0 spiro atoms. The van der Waals surface area contributed by atoms with Crippen molar-refractivity contribution in [2.45, 2.75) is 45.4 Å². The van der Waals surface area contributed by atoms with Gasteiger partial charge in [-0.1, -0.05) is 31.0 Å². The maximum absolute atomic E-state index is 5.66. The summed E-state index contributed by atoms with van der Waals surface area (Å²) in [5.41, 5.74) is 5.66. The first-order chi connectivity index (χ1) is 9.81. The summed E-state index contributed by atoms with van der Waals surface area (Å²) >= 11 is 1.72. The highest BCUT2D eigenvalue weighted by Gasteiger charge is 2.12. The Morgan fingerprint density at radius 1 is 1.35 bits per heavy atom. The van der Waals surface area contributed by atoms with Crippen LogP contribution in [0.1, 0.15) is 49.2 Å². The van der Waals surface area contributed by atoms with Crippen molar-refractivity contribution in [1.82, 2.24) is 10.1 Å². The molecule has 1 unspecified atom stereocenters. The van der Waals surface area contributed by atoms with Crippen molar-refractivity contribution < 1.29 is 4.52 Å². The molecule has 0 bridgehead atoms. The van der Waals surface area contributed by atoms with E-state index >= 15 is 0 Å². The number of nitrogens with zero attached hydrogens (tertiary/aromatic N) is 2. The van der Waals surface area contributed by atoms with Gasteiger partial charge in [-0.3, -0.25) is 0 Å². The monoisotopic (exact) mass is 293 g/mol. The van der Waals surface area contributed by atoms with Crippen LogP contribution in [-0.4, -0.2) is 16.7 Å². The van der Waals surface area contributed by atoms with Crippen LogP contribution >= 0.6 is 11.3 Å². The molecule has 0 amide bonds. The van der Waals surface area contributed by atoms with E-state index in [1.807, 2.05) is 6.07 Å². The number of nitrogens with two attached hydrogens (primary N) is 1. The Balaban J connectivity index is 1.82. The number of hydrogen-bond acceptors (Lipinski definition) is 5. The molecular formula is C15H23N3OS. The third-order valence-corrected chi connectivity index (χ3v) is 4.34. The van der Waals surface area contributed by atoms with Gasteiger partial charge in [-0.05, 0) is 36.8 Å². The Bertz CT molecular complexity index is 475. The van der Waals surface area contributed by atoms with Crippen LogP contribution in [0.5, 0.6) is 0 Å². The molecule has 2 aromatic heterocycles. The van der Waals surface area contributed by atoms with Gasteiger partial charge in [0.25, 0.3) is 0 Å². The summed E-state index contributed by atoms with van der Waals surface area (Å²) in [6.45, 7) is 2.98. The zero-order chi connectivity index (χ0) is 14.2. The molecule has 2 rings (SSSR count). The second-order valence-corrected chi connectivity index (χ2v) is 6.16. The van der Waals surface area contributed by atoms with Crippen molar-refractivity contribution in [2.75, 3.05) is 6.54 Å². The van der Waals surface area contributed by atoms with Gasteiger partial charge >= 0.3 is 0 Å². The molecule has 0 radical (unpaired) electrons. The Morgan fingerprint density at radius 2 is 2.25 bits per heavy atom. The summed E-state index contributed by atoms with van der Waals surface area (Å²) in [6.07, 6.45) is 6.24. The molecule has 0 aliphatic rings. The lowest BCUT2D eigenvalue weighted by molar-refractivity contribution is 0.347. The largest absolute Gasteiger partial charge is 0.339 e. The standard InChI is InChI=1S/C15H23N3OS/c1-2-4-12(8-9-16)6-7-15-17-14(18-19-15)11-13-5-3-10-20-13/h3,5,10,12H,2,4,6-9,11,16H2,1H3. The number of aromatic nitrogens is 2. The van der Waals surface area contributed by atoms with Gasteiger partial charge in [-0.25, -0.2) is 0 Å². The fraction of sp³-hybridized carbons (Fsp3) is 0.600. The zero-order valence-electron chi connectivity index (χ0n) is 12.0. The van der Waals surface area contributed by atoms with E-state index in [0.717, 1.165) is 43.9 Å². The summed E-state index contributed by atoms with van der Waals surface area (Å²) in [4.78, 5) is 5.74. The Kier molecular flexibility index (Phi) is 6.21. The molecule has 110 valence electrons. The van der Waals surface area contributed by atoms with Crippen molar-refractivity contribution in [2.24, 2.45) is 11.7 Å². The van der Waals surface area contributed by atoms with Gasteiger partial charge in [0.05, 0.1) is 0 Å². The average molecular weight is 293 g/mol. The fourth-order valence-corrected chi connectivity index (χ4v) is 3.14. The summed E-state index contributed by atoms with van der Waals surface area (Å²) in [5, 5.41) is 6.12. The molecular weight excluding hydrogens is 270 g/mol. The average Bonchev–Trinajstić information content (AvgIpc) is 3.09. The van der Waals surface area contributed by atoms with Gasteiger partial charge in [0.15, 0.2) is 5.82 Å². The van der Waals surface area contributed by atoms with Gasteiger partial charge in [0, 0.05) is 17.7 Å². The molecule has 4 nitrogen and oxygen atoms in total. The Hall–Kier alpha value is -1.20. The minimum absolute atomic E-state index is 0.678. The third kappa shape index (κ3) is 4.72. The molecule has 0 saturated carbocycles. The molecule has 0 aliphatic carbocycles. The summed E-state index contributed by atoms with van der Waals surface area (Å²) in [6, 6.07) is 4.14. The highest BCUT2D eigenvalue weighted by molar-refractivity contribution is 7.09. The lowest BCUT2D eigenvalue weighted by Crippen LogP contribution is -2.09. The van der Waals surface area contributed by atoms with Gasteiger partial charge < -0.3 is 10.3 Å². The molecule has 2 N–H and O–H groups in total. The van der Waals surface area contributed by atoms with E-state index in [2.05, 4.69) is 28.5 Å². The number of aryl methyl sites for hydroxylation is 1. The normalized spacial score (nSPS) is 12.7. The van der Waals surface area contributed by atoms with E-state index in [0.29, 0.717) is 5.92 Å². The number of thiophene rings is 1. The predicted octanol–water partition coefficient (Wildman–Crippen LogP) is 3.42. The minimum atomic E-state index is 0.678.